The van der Waals surface area contributed by atoms with Crippen LogP contribution in [-0.4, -0.2) is 20.9 Å². The van der Waals surface area contributed by atoms with Gasteiger partial charge >= 0.3 is 5.97 Å². The molecule has 0 amide bonds. The normalized spacial score (nSPS) is 10.2. The lowest BCUT2D eigenvalue weighted by Gasteiger charge is -2.10. The second-order valence-electron chi connectivity index (χ2n) is 3.78. The average Bonchev–Trinajstić information content (AvgIpc) is 2.36. The molecule has 6 nitrogen and oxygen atoms in total. The lowest BCUT2D eigenvalue weighted by Crippen LogP contribution is -2.23. The molecule has 0 saturated carbocycles. The van der Waals surface area contributed by atoms with Crippen molar-refractivity contribution in [2.75, 3.05) is 5.32 Å². The number of carbonyl (C=O) groups is 1. The Balaban J connectivity index is 2.51. The number of carboxylic acids is 1. The topological polar surface area (TPSA) is 84.2 Å². The van der Waals surface area contributed by atoms with Crippen LogP contribution in [0.25, 0.3) is 0 Å². The van der Waals surface area contributed by atoms with Gasteiger partial charge in [-0.25, -0.2) is 13.9 Å². The number of aryl methyl sites for hydroxylation is 1. The van der Waals surface area contributed by atoms with Crippen LogP contribution in [0.3, 0.4) is 0 Å². The molecule has 0 aliphatic rings. The highest BCUT2D eigenvalue weighted by Crippen LogP contribution is 2.20. The molecule has 0 spiro atoms. The smallest absolute Gasteiger partial charge is 0.358 e. The Morgan fingerprint density at radius 1 is 1.37 bits per heavy atom. The van der Waals surface area contributed by atoms with Gasteiger partial charge in [-0.2, -0.15) is 5.10 Å². The summed E-state index contributed by atoms with van der Waals surface area (Å²) in [6, 6.07) is 6.79. The monoisotopic (exact) mass is 263 g/mol. The lowest BCUT2D eigenvalue weighted by molar-refractivity contribution is 0.0689. The number of aromatic nitrogens is 2. The van der Waals surface area contributed by atoms with E-state index in [0.717, 1.165) is 10.7 Å². The highest BCUT2D eigenvalue weighted by molar-refractivity contribution is 5.92. The molecule has 0 unspecified atom stereocenters. The van der Waals surface area contributed by atoms with Crippen LogP contribution in [0.1, 0.15) is 10.5 Å². The number of hydrogen-bond acceptors (Lipinski definition) is 4. The lowest BCUT2D eigenvalue weighted by atomic mass is 10.2. The maximum atomic E-state index is 13.5. The number of carboxylic acid groups (broad SMARTS) is 1. The van der Waals surface area contributed by atoms with Crippen LogP contribution in [0.5, 0.6) is 0 Å². The van der Waals surface area contributed by atoms with Gasteiger partial charge in [-0.1, -0.05) is 12.1 Å². The summed E-state index contributed by atoms with van der Waals surface area (Å²) in [5.74, 6) is -1.87. The van der Waals surface area contributed by atoms with Gasteiger partial charge in [-0.05, 0) is 12.1 Å². The molecule has 0 aliphatic carbocycles. The van der Waals surface area contributed by atoms with E-state index in [9.17, 15) is 14.0 Å². The molecule has 0 bridgehead atoms. The highest BCUT2D eigenvalue weighted by Gasteiger charge is 2.15. The summed E-state index contributed by atoms with van der Waals surface area (Å²) in [6.07, 6.45) is 0. The van der Waals surface area contributed by atoms with E-state index >= 15 is 0 Å². The zero-order valence-electron chi connectivity index (χ0n) is 9.92. The third kappa shape index (κ3) is 2.59. The summed E-state index contributed by atoms with van der Waals surface area (Å²) in [4.78, 5) is 22.5. The SMILES string of the molecule is Cn1nc(C(=O)O)c(Nc2ccccc2F)cc1=O. The minimum atomic E-state index is -1.31. The quantitative estimate of drug-likeness (QED) is 0.873. The number of rotatable bonds is 3. The molecule has 98 valence electrons. The molecule has 7 heteroatoms. The summed E-state index contributed by atoms with van der Waals surface area (Å²) in [5, 5.41) is 15.2. The first kappa shape index (κ1) is 12.7. The predicted octanol–water partition coefficient (Wildman–Crippen LogP) is 1.36. The van der Waals surface area contributed by atoms with E-state index in [1.165, 1.54) is 25.2 Å². The first-order chi connectivity index (χ1) is 8.99. The first-order valence-corrected chi connectivity index (χ1v) is 5.32. The van der Waals surface area contributed by atoms with Gasteiger partial charge in [-0.15, -0.1) is 0 Å². The fourth-order valence-corrected chi connectivity index (χ4v) is 1.50. The molecule has 0 aliphatic heterocycles. The molecule has 2 aromatic rings. The van der Waals surface area contributed by atoms with Crippen LogP contribution in [0, 0.1) is 5.82 Å². The molecule has 0 fully saturated rings. The van der Waals surface area contributed by atoms with Gasteiger partial charge in [0, 0.05) is 13.1 Å². The second kappa shape index (κ2) is 4.89. The van der Waals surface area contributed by atoms with Crippen LogP contribution < -0.4 is 10.9 Å². The minimum absolute atomic E-state index is 0.0549. The minimum Gasteiger partial charge on any atom is -0.476 e. The summed E-state index contributed by atoms with van der Waals surface area (Å²) >= 11 is 0. The molecule has 2 N–H and O–H groups in total. The number of hydrogen-bond donors (Lipinski definition) is 2. The van der Waals surface area contributed by atoms with Gasteiger partial charge in [0.1, 0.15) is 5.82 Å². The third-order valence-electron chi connectivity index (χ3n) is 2.44. The Morgan fingerprint density at radius 2 is 2.05 bits per heavy atom. The van der Waals surface area contributed by atoms with E-state index in [2.05, 4.69) is 10.4 Å². The number of para-hydroxylation sites is 1. The third-order valence-corrected chi connectivity index (χ3v) is 2.44. The summed E-state index contributed by atoms with van der Waals surface area (Å²) in [5.41, 5.74) is -0.838. The Morgan fingerprint density at radius 3 is 2.68 bits per heavy atom. The highest BCUT2D eigenvalue weighted by atomic mass is 19.1. The summed E-state index contributed by atoms with van der Waals surface area (Å²) < 4.78 is 14.4. The van der Waals surface area contributed by atoms with Crippen LogP contribution >= 0.6 is 0 Å². The molecule has 2 rings (SSSR count). The zero-order valence-corrected chi connectivity index (χ0v) is 9.92. The van der Waals surface area contributed by atoms with Gasteiger partial charge in [0.25, 0.3) is 5.56 Å². The Kier molecular flexibility index (Phi) is 3.28. The van der Waals surface area contributed by atoms with Crippen molar-refractivity contribution in [3.63, 3.8) is 0 Å². The molecule has 19 heavy (non-hydrogen) atoms. The molecule has 1 aromatic carbocycles. The Bertz CT molecular complexity index is 697. The van der Waals surface area contributed by atoms with E-state index in [4.69, 9.17) is 5.11 Å². The van der Waals surface area contributed by atoms with E-state index in [1.54, 1.807) is 6.07 Å². The van der Waals surface area contributed by atoms with E-state index in [-0.39, 0.29) is 17.1 Å². The van der Waals surface area contributed by atoms with Crippen LogP contribution in [0.2, 0.25) is 0 Å². The number of anilines is 2. The number of nitrogens with zero attached hydrogens (tertiary/aromatic N) is 2. The van der Waals surface area contributed by atoms with Gasteiger partial charge in [0.05, 0.1) is 11.4 Å². The van der Waals surface area contributed by atoms with Crippen molar-refractivity contribution < 1.29 is 14.3 Å². The van der Waals surface area contributed by atoms with E-state index in [0.29, 0.717) is 0 Å². The fraction of sp³-hybridized carbons (Fsp3) is 0.0833. The van der Waals surface area contributed by atoms with Crippen molar-refractivity contribution >= 4 is 17.3 Å². The second-order valence-corrected chi connectivity index (χ2v) is 3.78. The van der Waals surface area contributed by atoms with Gasteiger partial charge < -0.3 is 10.4 Å². The van der Waals surface area contributed by atoms with Crippen molar-refractivity contribution in [1.29, 1.82) is 0 Å². The largest absolute Gasteiger partial charge is 0.476 e. The van der Waals surface area contributed by atoms with Crippen LogP contribution in [0.4, 0.5) is 15.8 Å². The number of benzene rings is 1. The molecular weight excluding hydrogens is 253 g/mol. The maximum absolute atomic E-state index is 13.5. The van der Waals surface area contributed by atoms with Crippen LogP contribution in [-0.2, 0) is 7.05 Å². The number of halogens is 1. The first-order valence-electron chi connectivity index (χ1n) is 5.32. The number of nitrogens with one attached hydrogen (secondary N) is 1. The molecule has 1 heterocycles. The van der Waals surface area contributed by atoms with E-state index in [1.807, 2.05) is 0 Å². The molecule has 0 saturated heterocycles. The number of aromatic carboxylic acids is 1. The fourth-order valence-electron chi connectivity index (χ4n) is 1.50. The average molecular weight is 263 g/mol. The Hall–Kier alpha value is -2.70. The molecule has 0 atom stereocenters. The van der Waals surface area contributed by atoms with Crippen molar-refractivity contribution in [2.24, 2.45) is 7.05 Å². The van der Waals surface area contributed by atoms with Crippen molar-refractivity contribution in [1.82, 2.24) is 9.78 Å². The maximum Gasteiger partial charge on any atom is 0.358 e. The van der Waals surface area contributed by atoms with Crippen molar-refractivity contribution in [3.05, 3.63) is 52.2 Å². The van der Waals surface area contributed by atoms with Gasteiger partial charge in [0.15, 0.2) is 5.69 Å². The zero-order chi connectivity index (χ0) is 14.0. The molecule has 0 radical (unpaired) electrons. The summed E-state index contributed by atoms with van der Waals surface area (Å²) in [6.45, 7) is 0. The molecule has 1 aromatic heterocycles. The predicted molar refractivity (Wildman–Crippen MR) is 66.1 cm³/mol. The van der Waals surface area contributed by atoms with Gasteiger partial charge in [0.2, 0.25) is 0 Å². The van der Waals surface area contributed by atoms with E-state index < -0.39 is 17.3 Å². The standard InChI is InChI=1S/C12H10FN3O3/c1-16-10(17)6-9(11(15-16)12(18)19)14-8-5-3-2-4-7(8)13/h2-6,14H,1H3,(H,18,19). The molecular formula is C12H10FN3O3. The summed E-state index contributed by atoms with van der Waals surface area (Å²) in [7, 11) is 1.33. The van der Waals surface area contributed by atoms with Gasteiger partial charge in [-0.3, -0.25) is 4.79 Å². The van der Waals surface area contributed by atoms with Crippen molar-refractivity contribution in [3.8, 4) is 0 Å². The Labute approximate surface area is 107 Å². The van der Waals surface area contributed by atoms with Crippen molar-refractivity contribution in [2.45, 2.75) is 0 Å². The van der Waals surface area contributed by atoms with Crippen LogP contribution in [0.15, 0.2) is 35.1 Å².